The molecule has 3 heteroatoms. The monoisotopic (exact) mass is 229 g/mol. The van der Waals surface area contributed by atoms with Crippen LogP contribution in [-0.2, 0) is 6.42 Å². The Kier molecular flexibility index (Phi) is 4.12. The second kappa shape index (κ2) is 4.95. The van der Waals surface area contributed by atoms with Crippen LogP contribution < -0.4 is 5.32 Å². The van der Waals surface area contributed by atoms with Crippen molar-refractivity contribution in [1.29, 1.82) is 0 Å². The third kappa shape index (κ3) is 2.50. The van der Waals surface area contributed by atoms with Crippen molar-refractivity contribution < 1.29 is 4.39 Å². The molecule has 0 saturated heterocycles. The van der Waals surface area contributed by atoms with E-state index in [1.54, 1.807) is 12.1 Å². The van der Waals surface area contributed by atoms with Crippen LogP contribution in [0.3, 0.4) is 0 Å². The van der Waals surface area contributed by atoms with E-state index in [0.717, 1.165) is 18.5 Å². The van der Waals surface area contributed by atoms with Crippen LogP contribution >= 0.6 is 12.4 Å². The fourth-order valence-electron chi connectivity index (χ4n) is 2.15. The Morgan fingerprint density at radius 2 is 2.13 bits per heavy atom. The Hall–Kier alpha value is -0.600. The Morgan fingerprint density at radius 1 is 1.40 bits per heavy atom. The van der Waals surface area contributed by atoms with Gasteiger partial charge in [-0.3, -0.25) is 0 Å². The van der Waals surface area contributed by atoms with E-state index in [2.05, 4.69) is 19.2 Å². The predicted octanol–water partition coefficient (Wildman–Crippen LogP) is 3.09. The first-order valence-corrected chi connectivity index (χ1v) is 5.20. The fraction of sp³-hybridized carbons (Fsp3) is 0.500. The van der Waals surface area contributed by atoms with Gasteiger partial charge in [0.05, 0.1) is 0 Å². The molecule has 1 aromatic rings. The van der Waals surface area contributed by atoms with Gasteiger partial charge in [0.25, 0.3) is 0 Å². The zero-order valence-electron chi connectivity index (χ0n) is 9.09. The highest BCUT2D eigenvalue weighted by molar-refractivity contribution is 5.85. The van der Waals surface area contributed by atoms with Gasteiger partial charge in [0, 0.05) is 6.04 Å². The van der Waals surface area contributed by atoms with Crippen LogP contribution in [-0.4, -0.2) is 6.54 Å². The van der Waals surface area contributed by atoms with Gasteiger partial charge in [-0.05, 0) is 42.1 Å². The van der Waals surface area contributed by atoms with Gasteiger partial charge >= 0.3 is 0 Å². The Bertz CT molecular complexity index is 338. The third-order valence-corrected chi connectivity index (χ3v) is 2.87. The first kappa shape index (κ1) is 12.5. The molecule has 0 spiro atoms. The highest BCUT2D eigenvalue weighted by Gasteiger charge is 2.22. The summed E-state index contributed by atoms with van der Waals surface area (Å²) in [5.74, 6) is 0.383. The van der Waals surface area contributed by atoms with Crippen molar-refractivity contribution in [3.63, 3.8) is 0 Å². The van der Waals surface area contributed by atoms with Crippen molar-refractivity contribution in [3.05, 3.63) is 35.1 Å². The van der Waals surface area contributed by atoms with Crippen LogP contribution in [0.2, 0.25) is 0 Å². The van der Waals surface area contributed by atoms with Crippen molar-refractivity contribution in [2.75, 3.05) is 6.54 Å². The van der Waals surface area contributed by atoms with Gasteiger partial charge in [0.1, 0.15) is 5.82 Å². The third-order valence-electron chi connectivity index (χ3n) is 2.87. The Morgan fingerprint density at radius 3 is 2.80 bits per heavy atom. The Balaban J connectivity index is 0.00000112. The lowest BCUT2D eigenvalue weighted by Crippen LogP contribution is -2.33. The van der Waals surface area contributed by atoms with E-state index in [1.807, 2.05) is 6.07 Å². The zero-order chi connectivity index (χ0) is 10.1. The topological polar surface area (TPSA) is 12.0 Å². The van der Waals surface area contributed by atoms with E-state index in [-0.39, 0.29) is 18.2 Å². The summed E-state index contributed by atoms with van der Waals surface area (Å²) in [6, 6.07) is 5.46. The van der Waals surface area contributed by atoms with E-state index in [9.17, 15) is 4.39 Å². The van der Waals surface area contributed by atoms with Gasteiger partial charge in [0.15, 0.2) is 0 Å². The molecule has 1 N–H and O–H groups in total. The molecular formula is C12H17ClFN. The maximum absolute atomic E-state index is 13.1. The number of hydrogen-bond donors (Lipinski definition) is 1. The van der Waals surface area contributed by atoms with E-state index in [4.69, 9.17) is 0 Å². The number of halogens is 2. The minimum absolute atomic E-state index is 0. The first-order chi connectivity index (χ1) is 6.68. The fourth-order valence-corrected chi connectivity index (χ4v) is 2.15. The number of fused-ring (bicyclic) bond motifs is 1. The smallest absolute Gasteiger partial charge is 0.123 e. The van der Waals surface area contributed by atoms with Crippen molar-refractivity contribution in [2.45, 2.75) is 26.3 Å². The van der Waals surface area contributed by atoms with Gasteiger partial charge in [-0.15, -0.1) is 12.4 Å². The molecule has 1 atom stereocenters. The van der Waals surface area contributed by atoms with Crippen LogP contribution in [0.4, 0.5) is 4.39 Å². The molecule has 0 fully saturated rings. The summed E-state index contributed by atoms with van der Waals surface area (Å²) in [5, 5.41) is 3.44. The second-order valence-electron chi connectivity index (χ2n) is 4.27. The van der Waals surface area contributed by atoms with E-state index < -0.39 is 0 Å². The molecule has 1 aromatic carbocycles. The van der Waals surface area contributed by atoms with E-state index in [0.29, 0.717) is 12.0 Å². The molecule has 2 rings (SSSR count). The lowest BCUT2D eigenvalue weighted by Gasteiger charge is -2.29. The van der Waals surface area contributed by atoms with Crippen LogP contribution in [0.25, 0.3) is 0 Å². The standard InChI is InChI=1S/C12H16FN.ClH/c1-8(2)12-11-7-10(13)4-3-9(11)5-6-14-12;/h3-4,7-8,12,14H,5-6H2,1-2H3;1H. The highest BCUT2D eigenvalue weighted by Crippen LogP contribution is 2.28. The summed E-state index contributed by atoms with van der Waals surface area (Å²) >= 11 is 0. The molecule has 0 aromatic heterocycles. The largest absolute Gasteiger partial charge is 0.309 e. The molecule has 0 aliphatic carbocycles. The summed E-state index contributed by atoms with van der Waals surface area (Å²) in [4.78, 5) is 0. The normalized spacial score (nSPS) is 19.6. The number of hydrogen-bond acceptors (Lipinski definition) is 1. The van der Waals surface area contributed by atoms with Crippen molar-refractivity contribution in [1.82, 2.24) is 5.32 Å². The van der Waals surface area contributed by atoms with E-state index in [1.165, 1.54) is 5.56 Å². The average Bonchev–Trinajstić information content (AvgIpc) is 2.16. The van der Waals surface area contributed by atoms with Crippen LogP contribution in [0.1, 0.15) is 31.0 Å². The van der Waals surface area contributed by atoms with Crippen LogP contribution in [0.15, 0.2) is 18.2 Å². The maximum atomic E-state index is 13.1. The molecule has 84 valence electrons. The number of rotatable bonds is 1. The quantitative estimate of drug-likeness (QED) is 0.781. The summed E-state index contributed by atoms with van der Waals surface area (Å²) in [6.07, 6.45) is 1.01. The number of benzene rings is 1. The minimum Gasteiger partial charge on any atom is -0.309 e. The minimum atomic E-state index is -0.127. The molecule has 15 heavy (non-hydrogen) atoms. The summed E-state index contributed by atoms with van der Waals surface area (Å²) < 4.78 is 13.1. The summed E-state index contributed by atoms with van der Waals surface area (Å²) in [7, 11) is 0. The molecule has 1 heterocycles. The van der Waals surface area contributed by atoms with Crippen LogP contribution in [0, 0.1) is 11.7 Å². The Labute approximate surface area is 96.5 Å². The van der Waals surface area contributed by atoms with Gasteiger partial charge < -0.3 is 5.32 Å². The summed E-state index contributed by atoms with van der Waals surface area (Å²) in [6.45, 7) is 5.33. The van der Waals surface area contributed by atoms with Gasteiger partial charge in [-0.1, -0.05) is 19.9 Å². The molecule has 1 unspecified atom stereocenters. The molecule has 1 aliphatic rings. The molecule has 0 bridgehead atoms. The highest BCUT2D eigenvalue weighted by atomic mass is 35.5. The average molecular weight is 230 g/mol. The predicted molar refractivity (Wildman–Crippen MR) is 62.9 cm³/mol. The number of nitrogens with one attached hydrogen (secondary N) is 1. The molecular weight excluding hydrogens is 213 g/mol. The van der Waals surface area contributed by atoms with E-state index >= 15 is 0 Å². The summed E-state index contributed by atoms with van der Waals surface area (Å²) in [5.41, 5.74) is 2.44. The molecule has 0 saturated carbocycles. The SMILES string of the molecule is CC(C)C1NCCc2ccc(F)cc21.Cl. The zero-order valence-corrected chi connectivity index (χ0v) is 9.90. The van der Waals surface area contributed by atoms with Crippen molar-refractivity contribution in [3.8, 4) is 0 Å². The first-order valence-electron chi connectivity index (χ1n) is 5.20. The molecule has 0 amide bonds. The van der Waals surface area contributed by atoms with Crippen molar-refractivity contribution in [2.24, 2.45) is 5.92 Å². The van der Waals surface area contributed by atoms with Crippen LogP contribution in [0.5, 0.6) is 0 Å². The van der Waals surface area contributed by atoms with Gasteiger partial charge in [-0.2, -0.15) is 0 Å². The molecule has 1 aliphatic heterocycles. The maximum Gasteiger partial charge on any atom is 0.123 e. The van der Waals surface area contributed by atoms with Crippen molar-refractivity contribution >= 4 is 12.4 Å². The van der Waals surface area contributed by atoms with Gasteiger partial charge in [-0.25, -0.2) is 4.39 Å². The molecule has 0 radical (unpaired) electrons. The second-order valence-corrected chi connectivity index (χ2v) is 4.27. The lowest BCUT2D eigenvalue weighted by atomic mass is 9.88. The molecule has 1 nitrogen and oxygen atoms in total. The lowest BCUT2D eigenvalue weighted by molar-refractivity contribution is 0.393. The van der Waals surface area contributed by atoms with Gasteiger partial charge in [0.2, 0.25) is 0 Å².